The maximum absolute atomic E-state index is 12.3. The maximum atomic E-state index is 12.3. The second-order valence-electron chi connectivity index (χ2n) is 4.79. The quantitative estimate of drug-likeness (QED) is 0.752. The first-order chi connectivity index (χ1) is 10.5. The third-order valence-electron chi connectivity index (χ3n) is 2.96. The fourth-order valence-corrected chi connectivity index (χ4v) is 2.88. The molecule has 120 valence electrons. The topological polar surface area (TPSA) is 106 Å². The summed E-state index contributed by atoms with van der Waals surface area (Å²) in [6, 6.07) is 1.65. The highest BCUT2D eigenvalue weighted by Crippen LogP contribution is 2.24. The van der Waals surface area contributed by atoms with E-state index in [1.807, 2.05) is 13.8 Å². The Balaban J connectivity index is 2.08. The Morgan fingerprint density at radius 3 is 2.91 bits per heavy atom. The van der Waals surface area contributed by atoms with Crippen molar-refractivity contribution in [1.82, 2.24) is 19.9 Å². The highest BCUT2D eigenvalue weighted by atomic mass is 32.2. The molecular weight excluding hydrogens is 306 g/mol. The second kappa shape index (κ2) is 7.30. The largest absolute Gasteiger partial charge is 0.360 e. The lowest BCUT2D eigenvalue weighted by Crippen LogP contribution is -2.26. The first-order valence-corrected chi connectivity index (χ1v) is 7.99. The lowest BCUT2D eigenvalue weighted by atomic mass is 10.3. The molecule has 0 aliphatic carbocycles. The van der Waals surface area contributed by atoms with Crippen molar-refractivity contribution < 1.29 is 9.32 Å². The van der Waals surface area contributed by atoms with Gasteiger partial charge in [0.1, 0.15) is 5.76 Å². The van der Waals surface area contributed by atoms with Gasteiger partial charge in [-0.2, -0.15) is 0 Å². The molecular formula is C13H19N5O3S. The molecule has 2 aromatic heterocycles. The number of rotatable bonds is 7. The van der Waals surface area contributed by atoms with Gasteiger partial charge in [0.05, 0.1) is 5.25 Å². The number of nitrogens with one attached hydrogen (secondary N) is 2. The molecule has 0 aromatic carbocycles. The number of anilines is 1. The fraction of sp³-hybridized carbons (Fsp3) is 0.538. The van der Waals surface area contributed by atoms with E-state index in [-0.39, 0.29) is 16.8 Å². The van der Waals surface area contributed by atoms with Gasteiger partial charge in [-0.1, -0.05) is 30.8 Å². The number of thioether (sulfide) groups is 1. The van der Waals surface area contributed by atoms with Crippen molar-refractivity contribution in [3.05, 3.63) is 22.3 Å². The Bertz CT molecular complexity index is 690. The molecule has 1 amide bonds. The van der Waals surface area contributed by atoms with Crippen molar-refractivity contribution in [2.24, 2.45) is 0 Å². The standard InChI is InChI=1S/C13H19N5O3S/c1-4-6-18-12(20)15-16-13(18)22-9(5-2)11(19)14-10-7-8(3)21-17-10/h7,9H,4-6H2,1-3H3,(H,15,20)(H,14,17,19). The first kappa shape index (κ1) is 16.3. The predicted molar refractivity (Wildman–Crippen MR) is 82.9 cm³/mol. The minimum Gasteiger partial charge on any atom is -0.360 e. The molecule has 0 fully saturated rings. The van der Waals surface area contributed by atoms with Crippen LogP contribution < -0.4 is 11.0 Å². The molecule has 0 saturated heterocycles. The zero-order valence-electron chi connectivity index (χ0n) is 12.8. The summed E-state index contributed by atoms with van der Waals surface area (Å²) in [6.45, 7) is 6.20. The molecule has 0 aliphatic heterocycles. The summed E-state index contributed by atoms with van der Waals surface area (Å²) < 4.78 is 6.46. The van der Waals surface area contributed by atoms with E-state index in [0.29, 0.717) is 29.7 Å². The molecule has 2 aromatic rings. The van der Waals surface area contributed by atoms with Gasteiger partial charge in [-0.05, 0) is 19.8 Å². The number of aromatic nitrogens is 4. The number of amides is 1. The molecule has 2 N–H and O–H groups in total. The van der Waals surface area contributed by atoms with E-state index in [1.54, 1.807) is 17.6 Å². The van der Waals surface area contributed by atoms with E-state index >= 15 is 0 Å². The monoisotopic (exact) mass is 325 g/mol. The van der Waals surface area contributed by atoms with Crippen LogP contribution in [0.25, 0.3) is 0 Å². The van der Waals surface area contributed by atoms with Gasteiger partial charge in [0.15, 0.2) is 11.0 Å². The average Bonchev–Trinajstić information content (AvgIpc) is 3.04. The summed E-state index contributed by atoms with van der Waals surface area (Å²) in [5.74, 6) is 0.814. The molecule has 2 rings (SSSR count). The van der Waals surface area contributed by atoms with Crippen LogP contribution >= 0.6 is 11.8 Å². The summed E-state index contributed by atoms with van der Waals surface area (Å²) in [6.07, 6.45) is 1.41. The van der Waals surface area contributed by atoms with E-state index in [9.17, 15) is 9.59 Å². The Hall–Kier alpha value is -2.03. The van der Waals surface area contributed by atoms with Crippen molar-refractivity contribution in [2.75, 3.05) is 5.32 Å². The number of aromatic amines is 1. The van der Waals surface area contributed by atoms with Crippen molar-refractivity contribution >= 4 is 23.5 Å². The number of carbonyl (C=O) groups excluding carboxylic acids is 1. The van der Waals surface area contributed by atoms with E-state index in [0.717, 1.165) is 6.42 Å². The van der Waals surface area contributed by atoms with Gasteiger partial charge in [-0.25, -0.2) is 9.89 Å². The fourth-order valence-electron chi connectivity index (χ4n) is 1.90. The van der Waals surface area contributed by atoms with Gasteiger partial charge in [0.25, 0.3) is 0 Å². The normalized spacial score (nSPS) is 12.3. The Labute approximate surface area is 131 Å². The molecule has 1 atom stereocenters. The third-order valence-corrected chi connectivity index (χ3v) is 4.32. The number of aryl methyl sites for hydroxylation is 1. The molecule has 0 bridgehead atoms. The van der Waals surface area contributed by atoms with Crippen LogP contribution in [-0.4, -0.2) is 31.1 Å². The lowest BCUT2D eigenvalue weighted by Gasteiger charge is -2.13. The summed E-state index contributed by atoms with van der Waals surface area (Å²) in [5, 5.41) is 13.0. The van der Waals surface area contributed by atoms with Crippen molar-refractivity contribution in [3.8, 4) is 0 Å². The molecule has 2 heterocycles. The molecule has 0 spiro atoms. The minimum atomic E-state index is -0.372. The second-order valence-corrected chi connectivity index (χ2v) is 5.96. The first-order valence-electron chi connectivity index (χ1n) is 7.11. The summed E-state index contributed by atoms with van der Waals surface area (Å²) in [7, 11) is 0. The highest BCUT2D eigenvalue weighted by Gasteiger charge is 2.22. The van der Waals surface area contributed by atoms with Gasteiger partial charge in [0.2, 0.25) is 5.91 Å². The van der Waals surface area contributed by atoms with Crippen molar-refractivity contribution in [2.45, 2.75) is 50.6 Å². The summed E-state index contributed by atoms with van der Waals surface area (Å²) in [5.41, 5.74) is -0.258. The van der Waals surface area contributed by atoms with Crippen molar-refractivity contribution in [1.29, 1.82) is 0 Å². The van der Waals surface area contributed by atoms with Gasteiger partial charge in [-0.3, -0.25) is 9.36 Å². The van der Waals surface area contributed by atoms with Crippen LogP contribution in [0.4, 0.5) is 5.82 Å². The van der Waals surface area contributed by atoms with E-state index in [1.165, 1.54) is 11.8 Å². The molecule has 0 radical (unpaired) electrons. The van der Waals surface area contributed by atoms with Gasteiger partial charge >= 0.3 is 5.69 Å². The molecule has 22 heavy (non-hydrogen) atoms. The zero-order valence-corrected chi connectivity index (χ0v) is 13.6. The van der Waals surface area contributed by atoms with Crippen LogP contribution in [0.15, 0.2) is 20.5 Å². The van der Waals surface area contributed by atoms with Crippen LogP contribution in [0.2, 0.25) is 0 Å². The molecule has 9 heteroatoms. The van der Waals surface area contributed by atoms with Crippen LogP contribution in [0.5, 0.6) is 0 Å². The van der Waals surface area contributed by atoms with E-state index in [4.69, 9.17) is 4.52 Å². The highest BCUT2D eigenvalue weighted by molar-refractivity contribution is 8.00. The molecule has 0 aliphatic rings. The SMILES string of the molecule is CCCn1c(SC(CC)C(=O)Nc2cc(C)on2)n[nH]c1=O. The Morgan fingerprint density at radius 2 is 2.32 bits per heavy atom. The number of hydrogen-bond donors (Lipinski definition) is 2. The number of hydrogen-bond acceptors (Lipinski definition) is 6. The molecule has 8 nitrogen and oxygen atoms in total. The summed E-state index contributed by atoms with van der Waals surface area (Å²) in [4.78, 5) is 24.0. The Kier molecular flexibility index (Phi) is 5.42. The zero-order chi connectivity index (χ0) is 16.1. The Morgan fingerprint density at radius 1 is 1.55 bits per heavy atom. The van der Waals surface area contributed by atoms with Gasteiger partial charge in [0, 0.05) is 12.6 Å². The molecule has 0 saturated carbocycles. The van der Waals surface area contributed by atoms with Gasteiger partial charge < -0.3 is 9.84 Å². The maximum Gasteiger partial charge on any atom is 0.343 e. The van der Waals surface area contributed by atoms with E-state index in [2.05, 4.69) is 20.7 Å². The number of carbonyl (C=O) groups is 1. The van der Waals surface area contributed by atoms with E-state index < -0.39 is 0 Å². The number of nitrogens with zero attached hydrogens (tertiary/aromatic N) is 3. The lowest BCUT2D eigenvalue weighted by molar-refractivity contribution is -0.115. The smallest absolute Gasteiger partial charge is 0.343 e. The van der Waals surface area contributed by atoms with Crippen molar-refractivity contribution in [3.63, 3.8) is 0 Å². The van der Waals surface area contributed by atoms with Crippen LogP contribution in [-0.2, 0) is 11.3 Å². The molecule has 1 unspecified atom stereocenters. The van der Waals surface area contributed by atoms with Gasteiger partial charge in [-0.15, -0.1) is 5.10 Å². The van der Waals surface area contributed by atoms with Crippen LogP contribution in [0.3, 0.4) is 0 Å². The van der Waals surface area contributed by atoms with Crippen LogP contribution in [0, 0.1) is 6.92 Å². The third kappa shape index (κ3) is 3.79. The number of H-pyrrole nitrogens is 1. The van der Waals surface area contributed by atoms with Crippen LogP contribution in [0.1, 0.15) is 32.4 Å². The summed E-state index contributed by atoms with van der Waals surface area (Å²) >= 11 is 1.26. The minimum absolute atomic E-state index is 0.195. The predicted octanol–water partition coefficient (Wildman–Crippen LogP) is 1.79. The average molecular weight is 325 g/mol.